The Kier molecular flexibility index (Phi) is 7.75. The highest BCUT2D eigenvalue weighted by Gasteiger charge is 2.41. The van der Waals surface area contributed by atoms with Gasteiger partial charge in [-0.25, -0.2) is 0 Å². The van der Waals surface area contributed by atoms with Gasteiger partial charge in [0.25, 0.3) is 0 Å². The molecule has 1 N–H and O–H groups in total. The molecule has 5 nitrogen and oxygen atoms in total. The van der Waals surface area contributed by atoms with Gasteiger partial charge in [-0.1, -0.05) is 27.2 Å². The summed E-state index contributed by atoms with van der Waals surface area (Å²) in [7, 11) is 0. The molecule has 0 radical (unpaired) electrons. The molecule has 1 aliphatic heterocycles. The number of rotatable bonds is 8. The zero-order valence-electron chi connectivity index (χ0n) is 15.4. The maximum Gasteiger partial charge on any atom is 0.243 e. The van der Waals surface area contributed by atoms with Gasteiger partial charge in [0.05, 0.1) is 5.37 Å². The fourth-order valence-electron chi connectivity index (χ4n) is 2.95. The van der Waals surface area contributed by atoms with Gasteiger partial charge in [0.1, 0.15) is 6.04 Å². The van der Waals surface area contributed by atoms with E-state index < -0.39 is 0 Å². The molecule has 2 amide bonds. The van der Waals surface area contributed by atoms with Crippen LogP contribution in [0.1, 0.15) is 52.0 Å². The molecular weight excluding hydrogens is 334 g/mol. The van der Waals surface area contributed by atoms with E-state index in [9.17, 15) is 9.59 Å². The monoisotopic (exact) mass is 363 g/mol. The summed E-state index contributed by atoms with van der Waals surface area (Å²) in [4.78, 5) is 31.2. The van der Waals surface area contributed by atoms with E-state index in [1.807, 2.05) is 17.0 Å². The predicted octanol–water partition coefficient (Wildman–Crippen LogP) is 3.20. The van der Waals surface area contributed by atoms with Crippen LogP contribution in [0.15, 0.2) is 24.5 Å². The molecular formula is C19H29N3O2S. The van der Waals surface area contributed by atoms with Crippen molar-refractivity contribution in [3.05, 3.63) is 30.1 Å². The van der Waals surface area contributed by atoms with Crippen LogP contribution in [0.4, 0.5) is 0 Å². The quantitative estimate of drug-likeness (QED) is 0.770. The van der Waals surface area contributed by atoms with E-state index in [0.717, 1.165) is 24.8 Å². The molecule has 0 aromatic carbocycles. The largest absolute Gasteiger partial charge is 0.350 e. The highest BCUT2D eigenvalue weighted by molar-refractivity contribution is 8.00. The standard InChI is InChI=1S/C19H29N3O2S/c1-4-5-6-17(23)22-16(13-25-18(22)11-14(2)3)19(24)21-12-15-7-9-20-10-8-15/h7-10,14,16,18H,4-6,11-13H2,1-3H3,(H,21,24). The summed E-state index contributed by atoms with van der Waals surface area (Å²) in [5.41, 5.74) is 1.01. The summed E-state index contributed by atoms with van der Waals surface area (Å²) in [6.45, 7) is 6.86. The van der Waals surface area contributed by atoms with Gasteiger partial charge in [-0.15, -0.1) is 11.8 Å². The second-order valence-electron chi connectivity index (χ2n) is 6.91. The second kappa shape index (κ2) is 9.80. The molecule has 1 saturated heterocycles. The minimum absolute atomic E-state index is 0.0552. The van der Waals surface area contributed by atoms with Crippen LogP contribution in [0.5, 0.6) is 0 Å². The molecule has 2 unspecified atom stereocenters. The smallest absolute Gasteiger partial charge is 0.243 e. The first-order chi connectivity index (χ1) is 12.0. The number of carbonyl (C=O) groups excluding carboxylic acids is 2. The molecule has 138 valence electrons. The van der Waals surface area contributed by atoms with E-state index in [2.05, 4.69) is 31.1 Å². The number of hydrogen-bond donors (Lipinski definition) is 1. The summed E-state index contributed by atoms with van der Waals surface area (Å²) in [5, 5.41) is 3.09. The number of pyridine rings is 1. The van der Waals surface area contributed by atoms with Crippen LogP contribution in [0.25, 0.3) is 0 Å². The lowest BCUT2D eigenvalue weighted by atomic mass is 10.1. The lowest BCUT2D eigenvalue weighted by molar-refractivity contribution is -0.140. The molecule has 25 heavy (non-hydrogen) atoms. The highest BCUT2D eigenvalue weighted by Crippen LogP contribution is 2.34. The Bertz CT molecular complexity index is 565. The SMILES string of the molecule is CCCCC(=O)N1C(CC(C)C)SCC1C(=O)NCc1ccncc1. The number of hydrogen-bond acceptors (Lipinski definition) is 4. The summed E-state index contributed by atoms with van der Waals surface area (Å²) >= 11 is 1.73. The van der Waals surface area contributed by atoms with Crippen molar-refractivity contribution in [2.45, 2.75) is 64.4 Å². The van der Waals surface area contributed by atoms with E-state index in [0.29, 0.717) is 24.6 Å². The number of amides is 2. The van der Waals surface area contributed by atoms with Crippen molar-refractivity contribution < 1.29 is 9.59 Å². The van der Waals surface area contributed by atoms with E-state index in [1.165, 1.54) is 0 Å². The summed E-state index contributed by atoms with van der Waals surface area (Å²) in [6, 6.07) is 3.41. The number of nitrogens with zero attached hydrogens (tertiary/aromatic N) is 2. The normalized spacial score (nSPS) is 20.1. The molecule has 2 atom stereocenters. The molecule has 1 aromatic rings. The summed E-state index contributed by atoms with van der Waals surface area (Å²) in [5.74, 6) is 1.23. The molecule has 0 spiro atoms. The Morgan fingerprint density at radius 2 is 2.08 bits per heavy atom. The maximum absolute atomic E-state index is 12.7. The zero-order chi connectivity index (χ0) is 18.2. The fourth-order valence-corrected chi connectivity index (χ4v) is 4.61. The van der Waals surface area contributed by atoms with Crippen molar-refractivity contribution >= 4 is 23.6 Å². The van der Waals surface area contributed by atoms with Gasteiger partial charge >= 0.3 is 0 Å². The van der Waals surface area contributed by atoms with Crippen molar-refractivity contribution in [1.29, 1.82) is 0 Å². The van der Waals surface area contributed by atoms with E-state index in [1.54, 1.807) is 24.2 Å². The number of aromatic nitrogens is 1. The third-order valence-corrected chi connectivity index (χ3v) is 5.63. The van der Waals surface area contributed by atoms with E-state index >= 15 is 0 Å². The van der Waals surface area contributed by atoms with E-state index in [-0.39, 0.29) is 23.2 Å². The molecule has 0 saturated carbocycles. The van der Waals surface area contributed by atoms with Crippen molar-refractivity contribution in [2.75, 3.05) is 5.75 Å². The molecule has 1 aromatic heterocycles. The fraction of sp³-hybridized carbons (Fsp3) is 0.632. The Balaban J connectivity index is 2.02. The van der Waals surface area contributed by atoms with Crippen LogP contribution in [0.3, 0.4) is 0 Å². The summed E-state index contributed by atoms with van der Waals surface area (Å²) < 4.78 is 0. The molecule has 1 fully saturated rings. The van der Waals surface area contributed by atoms with Crippen LogP contribution >= 0.6 is 11.8 Å². The Labute approximate surface area is 155 Å². The Morgan fingerprint density at radius 3 is 2.72 bits per heavy atom. The molecule has 2 heterocycles. The van der Waals surface area contributed by atoms with Gasteiger partial charge in [-0.3, -0.25) is 14.6 Å². The minimum Gasteiger partial charge on any atom is -0.350 e. The van der Waals surface area contributed by atoms with Crippen LogP contribution in [0.2, 0.25) is 0 Å². The Hall–Kier alpha value is -1.56. The lowest BCUT2D eigenvalue weighted by Gasteiger charge is -2.30. The molecule has 6 heteroatoms. The number of thioether (sulfide) groups is 1. The predicted molar refractivity (Wildman–Crippen MR) is 102 cm³/mol. The van der Waals surface area contributed by atoms with Gasteiger partial charge in [-0.2, -0.15) is 0 Å². The van der Waals surface area contributed by atoms with Crippen LogP contribution < -0.4 is 5.32 Å². The zero-order valence-corrected chi connectivity index (χ0v) is 16.2. The van der Waals surface area contributed by atoms with Gasteiger partial charge in [-0.05, 0) is 36.5 Å². The van der Waals surface area contributed by atoms with Gasteiger partial charge < -0.3 is 10.2 Å². The van der Waals surface area contributed by atoms with Crippen molar-refractivity contribution in [2.24, 2.45) is 5.92 Å². The third kappa shape index (κ3) is 5.73. The van der Waals surface area contributed by atoms with Crippen molar-refractivity contribution in [3.63, 3.8) is 0 Å². The van der Waals surface area contributed by atoms with Crippen LogP contribution in [-0.4, -0.2) is 38.9 Å². The highest BCUT2D eigenvalue weighted by atomic mass is 32.2. The number of carbonyl (C=O) groups is 2. The number of unbranched alkanes of at least 4 members (excludes halogenated alkanes) is 1. The van der Waals surface area contributed by atoms with Crippen LogP contribution in [-0.2, 0) is 16.1 Å². The van der Waals surface area contributed by atoms with Gasteiger partial charge in [0.2, 0.25) is 11.8 Å². The average molecular weight is 364 g/mol. The topological polar surface area (TPSA) is 62.3 Å². The minimum atomic E-state index is -0.361. The first-order valence-electron chi connectivity index (χ1n) is 9.12. The molecule has 0 aliphatic carbocycles. The van der Waals surface area contributed by atoms with E-state index in [4.69, 9.17) is 0 Å². The Morgan fingerprint density at radius 1 is 1.36 bits per heavy atom. The van der Waals surface area contributed by atoms with Crippen LogP contribution in [0, 0.1) is 5.92 Å². The first-order valence-corrected chi connectivity index (χ1v) is 10.2. The molecule has 1 aliphatic rings. The van der Waals surface area contributed by atoms with Crippen molar-refractivity contribution in [1.82, 2.24) is 15.2 Å². The maximum atomic E-state index is 12.7. The first kappa shape index (κ1) is 19.8. The summed E-state index contributed by atoms with van der Waals surface area (Å²) in [6.07, 6.45) is 6.75. The molecule has 2 rings (SSSR count). The number of nitrogens with one attached hydrogen (secondary N) is 1. The average Bonchev–Trinajstić information content (AvgIpc) is 3.01. The molecule has 0 bridgehead atoms. The van der Waals surface area contributed by atoms with Crippen molar-refractivity contribution in [3.8, 4) is 0 Å². The second-order valence-corrected chi connectivity index (χ2v) is 8.12. The third-order valence-electron chi connectivity index (χ3n) is 4.32. The van der Waals surface area contributed by atoms with Gasteiger partial charge in [0, 0.05) is 31.1 Å². The lowest BCUT2D eigenvalue weighted by Crippen LogP contribution is -2.49. The van der Waals surface area contributed by atoms with Gasteiger partial charge in [0.15, 0.2) is 0 Å².